The van der Waals surface area contributed by atoms with Gasteiger partial charge in [-0.15, -0.1) is 0 Å². The van der Waals surface area contributed by atoms with Crippen molar-refractivity contribution in [3.63, 3.8) is 0 Å². The molecule has 0 unspecified atom stereocenters. The first-order valence-electron chi connectivity index (χ1n) is 8.16. The largest absolute Gasteiger partial charge is 0.457 e. The van der Waals surface area contributed by atoms with E-state index in [9.17, 15) is 9.59 Å². The van der Waals surface area contributed by atoms with Gasteiger partial charge in [0.15, 0.2) is 0 Å². The second kappa shape index (κ2) is 9.30. The van der Waals surface area contributed by atoms with Gasteiger partial charge < -0.3 is 9.47 Å². The molecule has 0 saturated heterocycles. The molecule has 8 heteroatoms. The summed E-state index contributed by atoms with van der Waals surface area (Å²) >= 11 is 11.5. The molecule has 0 aliphatic heterocycles. The molecule has 0 N–H and O–H groups in total. The Morgan fingerprint density at radius 1 is 0.714 bits per heavy atom. The van der Waals surface area contributed by atoms with Crippen molar-refractivity contribution >= 4 is 35.1 Å². The number of aromatic nitrogens is 2. The number of hydrogen-bond acceptors (Lipinski definition) is 6. The number of ether oxygens (including phenoxy) is 2. The molecule has 0 amide bonds. The van der Waals surface area contributed by atoms with Gasteiger partial charge in [0.1, 0.15) is 23.5 Å². The summed E-state index contributed by atoms with van der Waals surface area (Å²) < 4.78 is 10.5. The molecule has 2 heterocycles. The molecule has 0 radical (unpaired) electrons. The lowest BCUT2D eigenvalue weighted by Crippen LogP contribution is -2.06. The molecule has 6 nitrogen and oxygen atoms in total. The summed E-state index contributed by atoms with van der Waals surface area (Å²) in [5.41, 5.74) is 2.26. The molecule has 0 spiro atoms. The van der Waals surface area contributed by atoms with Gasteiger partial charge in [-0.2, -0.15) is 0 Å². The monoisotopic (exact) mass is 416 g/mol. The van der Waals surface area contributed by atoms with E-state index in [2.05, 4.69) is 9.97 Å². The van der Waals surface area contributed by atoms with Crippen molar-refractivity contribution in [2.45, 2.75) is 13.2 Å². The summed E-state index contributed by atoms with van der Waals surface area (Å²) in [5.74, 6) is -0.975. The lowest BCUT2D eigenvalue weighted by molar-refractivity contribution is 0.0460. The molecule has 1 aromatic carbocycles. The summed E-state index contributed by atoms with van der Waals surface area (Å²) in [6.07, 6.45) is 2.88. The average Bonchev–Trinajstić information content (AvgIpc) is 2.71. The van der Waals surface area contributed by atoms with E-state index in [4.69, 9.17) is 32.7 Å². The zero-order chi connectivity index (χ0) is 19.9. The first-order chi connectivity index (χ1) is 13.5. The molecule has 0 fully saturated rings. The van der Waals surface area contributed by atoms with Crippen molar-refractivity contribution < 1.29 is 19.1 Å². The molecule has 0 saturated carbocycles. The molecule has 0 aliphatic rings. The molecular formula is C20H14Cl2N2O4. The molecule has 0 atom stereocenters. The Kier molecular flexibility index (Phi) is 6.57. The summed E-state index contributed by atoms with van der Waals surface area (Å²) in [6.45, 7) is 0.211. The molecule has 28 heavy (non-hydrogen) atoms. The second-order valence-electron chi connectivity index (χ2n) is 5.70. The van der Waals surface area contributed by atoms with Gasteiger partial charge in [-0.25, -0.2) is 19.6 Å². The third-order valence-corrected chi connectivity index (χ3v) is 4.10. The van der Waals surface area contributed by atoms with E-state index in [1.54, 1.807) is 24.3 Å². The Hall–Kier alpha value is -2.96. The van der Waals surface area contributed by atoms with E-state index in [1.807, 2.05) is 0 Å². The van der Waals surface area contributed by atoms with Crippen LogP contribution in [-0.4, -0.2) is 21.9 Å². The van der Waals surface area contributed by atoms with Crippen LogP contribution in [0.1, 0.15) is 31.8 Å². The summed E-state index contributed by atoms with van der Waals surface area (Å²) in [6, 6.07) is 13.1. The topological polar surface area (TPSA) is 78.4 Å². The number of hydrogen-bond donors (Lipinski definition) is 0. The van der Waals surface area contributed by atoms with Crippen molar-refractivity contribution in [1.82, 2.24) is 9.97 Å². The Labute approximate surface area is 171 Å². The quantitative estimate of drug-likeness (QED) is 0.434. The van der Waals surface area contributed by atoms with Crippen LogP contribution in [0.5, 0.6) is 0 Å². The lowest BCUT2D eigenvalue weighted by Gasteiger charge is -2.08. The summed E-state index contributed by atoms with van der Waals surface area (Å²) in [5, 5.41) is 0.449. The van der Waals surface area contributed by atoms with E-state index >= 15 is 0 Å². The van der Waals surface area contributed by atoms with Gasteiger partial charge in [0.25, 0.3) is 0 Å². The molecule has 3 rings (SSSR count). The minimum Gasteiger partial charge on any atom is -0.457 e. The highest BCUT2D eigenvalue weighted by molar-refractivity contribution is 6.30. The number of halogens is 2. The van der Waals surface area contributed by atoms with Gasteiger partial charge in [-0.3, -0.25) is 0 Å². The Balaban J connectivity index is 1.51. The number of rotatable bonds is 6. The van der Waals surface area contributed by atoms with Gasteiger partial charge in [0.2, 0.25) is 0 Å². The minimum atomic E-state index is -0.488. The molecule has 142 valence electrons. The first kappa shape index (κ1) is 19.8. The van der Waals surface area contributed by atoms with Crippen LogP contribution in [-0.2, 0) is 22.7 Å². The van der Waals surface area contributed by atoms with Gasteiger partial charge in [0, 0.05) is 12.4 Å². The maximum atomic E-state index is 12.0. The van der Waals surface area contributed by atoms with Crippen LogP contribution in [0, 0.1) is 0 Å². The van der Waals surface area contributed by atoms with Crippen LogP contribution in [0.25, 0.3) is 0 Å². The third-order valence-electron chi connectivity index (χ3n) is 3.69. The third kappa shape index (κ3) is 5.52. The van der Waals surface area contributed by atoms with Crippen LogP contribution in [0.4, 0.5) is 0 Å². The highest BCUT2D eigenvalue weighted by Crippen LogP contribution is 2.13. The van der Waals surface area contributed by atoms with Crippen LogP contribution in [0.15, 0.2) is 60.9 Å². The van der Waals surface area contributed by atoms with Crippen LogP contribution in [0.3, 0.4) is 0 Å². The highest BCUT2D eigenvalue weighted by atomic mass is 35.5. The van der Waals surface area contributed by atoms with Gasteiger partial charge in [-0.1, -0.05) is 47.5 Å². The standard InChI is InChI=1S/C20H14Cl2N2O4/c21-17-9-15(5-7-23-17)19(25)27-11-13-1-2-14(4-3-13)12-28-20(26)16-6-8-24-18(22)10-16/h1-10H,11-12H2. The van der Waals surface area contributed by atoms with Crippen LogP contribution < -0.4 is 0 Å². The second-order valence-corrected chi connectivity index (χ2v) is 6.48. The first-order valence-corrected chi connectivity index (χ1v) is 8.92. The van der Waals surface area contributed by atoms with E-state index in [-0.39, 0.29) is 23.5 Å². The highest BCUT2D eigenvalue weighted by Gasteiger charge is 2.10. The number of carbonyl (C=O) groups excluding carboxylic acids is 2. The summed E-state index contributed by atoms with van der Waals surface area (Å²) in [7, 11) is 0. The van der Waals surface area contributed by atoms with Gasteiger partial charge >= 0.3 is 11.9 Å². The molecule has 3 aromatic rings. The Morgan fingerprint density at radius 3 is 1.46 bits per heavy atom. The number of benzene rings is 1. The number of nitrogens with zero attached hydrogens (tertiary/aromatic N) is 2. The number of carbonyl (C=O) groups is 2. The van der Waals surface area contributed by atoms with Crippen LogP contribution >= 0.6 is 23.2 Å². The zero-order valence-corrected chi connectivity index (χ0v) is 16.0. The maximum absolute atomic E-state index is 12.0. The molecule has 0 bridgehead atoms. The van der Waals surface area contributed by atoms with E-state index in [0.717, 1.165) is 11.1 Å². The number of esters is 2. The predicted molar refractivity (Wildman–Crippen MR) is 103 cm³/mol. The fourth-order valence-corrected chi connectivity index (χ4v) is 2.60. The van der Waals surface area contributed by atoms with Gasteiger partial charge in [0.05, 0.1) is 11.1 Å². The van der Waals surface area contributed by atoms with E-state index in [0.29, 0.717) is 11.1 Å². The predicted octanol–water partition coefficient (Wildman–Crippen LogP) is 4.50. The van der Waals surface area contributed by atoms with Crippen molar-refractivity contribution in [2.75, 3.05) is 0 Å². The molecule has 0 aliphatic carbocycles. The zero-order valence-electron chi connectivity index (χ0n) is 14.5. The number of pyridine rings is 2. The summed E-state index contributed by atoms with van der Waals surface area (Å²) in [4.78, 5) is 31.6. The maximum Gasteiger partial charge on any atom is 0.338 e. The lowest BCUT2D eigenvalue weighted by atomic mass is 10.1. The molecule has 2 aromatic heterocycles. The fraction of sp³-hybridized carbons (Fsp3) is 0.100. The van der Waals surface area contributed by atoms with Crippen LogP contribution in [0.2, 0.25) is 10.3 Å². The average molecular weight is 417 g/mol. The van der Waals surface area contributed by atoms with Gasteiger partial charge in [-0.05, 0) is 35.4 Å². The Bertz CT molecular complexity index is 913. The minimum absolute atomic E-state index is 0.106. The smallest absolute Gasteiger partial charge is 0.338 e. The Morgan fingerprint density at radius 2 is 1.11 bits per heavy atom. The van der Waals surface area contributed by atoms with Crippen molar-refractivity contribution in [2.24, 2.45) is 0 Å². The van der Waals surface area contributed by atoms with Crippen molar-refractivity contribution in [1.29, 1.82) is 0 Å². The van der Waals surface area contributed by atoms with E-state index in [1.165, 1.54) is 36.7 Å². The molecular weight excluding hydrogens is 403 g/mol. The normalized spacial score (nSPS) is 10.4. The SMILES string of the molecule is O=C(OCc1ccc(COC(=O)c2ccnc(Cl)c2)cc1)c1ccnc(Cl)c1. The van der Waals surface area contributed by atoms with E-state index < -0.39 is 11.9 Å². The fourth-order valence-electron chi connectivity index (χ4n) is 2.26. The van der Waals surface area contributed by atoms with Crippen molar-refractivity contribution in [3.8, 4) is 0 Å². The van der Waals surface area contributed by atoms with Crippen molar-refractivity contribution in [3.05, 3.63) is 93.5 Å².